The number of nitrogens with two attached hydrogens (primary N) is 1. The normalized spacial score (nSPS) is 19.9. The third kappa shape index (κ3) is 2.06. The van der Waals surface area contributed by atoms with Gasteiger partial charge in [0.1, 0.15) is 0 Å². The van der Waals surface area contributed by atoms with Gasteiger partial charge < -0.3 is 5.73 Å². The minimum atomic E-state index is -3.44. The highest BCUT2D eigenvalue weighted by atomic mass is 32.2. The van der Waals surface area contributed by atoms with Crippen LogP contribution >= 0.6 is 0 Å². The second kappa shape index (κ2) is 3.86. The lowest BCUT2D eigenvalue weighted by Crippen LogP contribution is -2.51. The van der Waals surface area contributed by atoms with Gasteiger partial charge in [-0.05, 0) is 19.8 Å². The summed E-state index contributed by atoms with van der Waals surface area (Å²) in [7, 11) is -3.44. The minimum absolute atomic E-state index is 0.0839. The van der Waals surface area contributed by atoms with Gasteiger partial charge in [-0.3, -0.25) is 9.52 Å². The van der Waals surface area contributed by atoms with Crippen LogP contribution < -0.4 is 10.5 Å². The van der Waals surface area contributed by atoms with Crippen molar-refractivity contribution in [2.45, 2.75) is 26.2 Å². The third-order valence-corrected chi connectivity index (χ3v) is 4.07. The summed E-state index contributed by atoms with van der Waals surface area (Å²) in [5.41, 5.74) is 4.85. The molecule has 1 aliphatic rings. The predicted molar refractivity (Wildman–Crippen MR) is 52.9 cm³/mol. The van der Waals surface area contributed by atoms with Gasteiger partial charge >= 0.3 is 0 Å². The van der Waals surface area contributed by atoms with Crippen molar-refractivity contribution in [1.82, 2.24) is 4.72 Å². The topological polar surface area (TPSA) is 89.3 Å². The molecule has 0 aliphatic heterocycles. The molecule has 0 aromatic heterocycles. The molecule has 0 aromatic carbocycles. The molecule has 82 valence electrons. The third-order valence-electron chi connectivity index (χ3n) is 2.81. The molecular weight excluding hydrogens is 204 g/mol. The molecule has 1 fully saturated rings. The van der Waals surface area contributed by atoms with Crippen LogP contribution in [0.2, 0.25) is 0 Å². The van der Waals surface area contributed by atoms with E-state index in [4.69, 9.17) is 5.73 Å². The summed E-state index contributed by atoms with van der Waals surface area (Å²) in [4.78, 5) is 11.6. The second-order valence-electron chi connectivity index (χ2n) is 3.67. The Morgan fingerprint density at radius 2 is 2.07 bits per heavy atom. The number of amides is 1. The molecule has 6 heteroatoms. The van der Waals surface area contributed by atoms with Gasteiger partial charge in [0.15, 0.2) is 0 Å². The Balaban J connectivity index is 2.67. The van der Waals surface area contributed by atoms with Crippen LogP contribution in [0.5, 0.6) is 0 Å². The van der Waals surface area contributed by atoms with E-state index in [2.05, 4.69) is 4.72 Å². The number of nitrogens with one attached hydrogen (secondary N) is 1. The van der Waals surface area contributed by atoms with Crippen LogP contribution in [0.15, 0.2) is 0 Å². The molecule has 1 rings (SSSR count). The smallest absolute Gasteiger partial charge is 0.240 e. The highest BCUT2D eigenvalue weighted by Crippen LogP contribution is 2.40. The standard InChI is InChI=1S/C8H16N2O3S/c1-2-14(12,13)10-7(11)8(6-9)4-3-5-8/h2-6,9H2,1H3,(H,10,11). The van der Waals surface area contributed by atoms with Crippen molar-refractivity contribution in [2.75, 3.05) is 12.3 Å². The zero-order valence-electron chi connectivity index (χ0n) is 8.25. The first-order valence-corrected chi connectivity index (χ1v) is 6.36. The average molecular weight is 220 g/mol. The number of carbonyl (C=O) groups excluding carboxylic acids is 1. The first-order chi connectivity index (χ1) is 6.46. The number of hydrogen-bond acceptors (Lipinski definition) is 4. The Hall–Kier alpha value is -0.620. The summed E-state index contributed by atoms with van der Waals surface area (Å²) >= 11 is 0. The van der Waals surface area contributed by atoms with Gasteiger partial charge in [-0.15, -0.1) is 0 Å². The Labute approximate surface area is 84.1 Å². The molecule has 0 radical (unpaired) electrons. The van der Waals surface area contributed by atoms with E-state index < -0.39 is 21.3 Å². The molecule has 0 unspecified atom stereocenters. The fraction of sp³-hybridized carbons (Fsp3) is 0.875. The van der Waals surface area contributed by atoms with Crippen LogP contribution in [0.3, 0.4) is 0 Å². The average Bonchev–Trinajstić information content (AvgIpc) is 2.02. The molecule has 0 spiro atoms. The number of rotatable bonds is 4. The zero-order chi connectivity index (χ0) is 10.8. The number of carbonyl (C=O) groups is 1. The maximum absolute atomic E-state index is 11.6. The van der Waals surface area contributed by atoms with Crippen LogP contribution in [0, 0.1) is 5.41 Å². The Bertz CT molecular complexity index is 314. The van der Waals surface area contributed by atoms with Crippen molar-refractivity contribution in [3.63, 3.8) is 0 Å². The maximum atomic E-state index is 11.6. The summed E-state index contributed by atoms with van der Waals surface area (Å²) in [6.07, 6.45) is 2.32. The van der Waals surface area contributed by atoms with Crippen LogP contribution in [-0.2, 0) is 14.8 Å². The molecule has 0 aromatic rings. The van der Waals surface area contributed by atoms with E-state index in [1.165, 1.54) is 6.92 Å². The number of sulfonamides is 1. The summed E-state index contributed by atoms with van der Waals surface area (Å²) in [5, 5.41) is 0. The van der Waals surface area contributed by atoms with Crippen molar-refractivity contribution in [2.24, 2.45) is 11.1 Å². The van der Waals surface area contributed by atoms with E-state index >= 15 is 0 Å². The van der Waals surface area contributed by atoms with Gasteiger partial charge in [-0.2, -0.15) is 0 Å². The van der Waals surface area contributed by atoms with Crippen molar-refractivity contribution >= 4 is 15.9 Å². The van der Waals surface area contributed by atoms with Crippen molar-refractivity contribution in [3.8, 4) is 0 Å². The maximum Gasteiger partial charge on any atom is 0.240 e. The van der Waals surface area contributed by atoms with Crippen LogP contribution in [0.25, 0.3) is 0 Å². The molecule has 3 N–H and O–H groups in total. The van der Waals surface area contributed by atoms with Gasteiger partial charge in [0.2, 0.25) is 15.9 Å². The van der Waals surface area contributed by atoms with E-state index in [1.54, 1.807) is 0 Å². The van der Waals surface area contributed by atoms with Crippen molar-refractivity contribution in [3.05, 3.63) is 0 Å². The molecule has 1 amide bonds. The summed E-state index contributed by atoms with van der Waals surface area (Å²) < 4.78 is 24.3. The SMILES string of the molecule is CCS(=O)(=O)NC(=O)C1(CN)CCC1. The molecule has 0 saturated heterocycles. The Morgan fingerprint density at radius 3 is 2.36 bits per heavy atom. The highest BCUT2D eigenvalue weighted by Gasteiger charge is 2.43. The van der Waals surface area contributed by atoms with Gasteiger partial charge in [0, 0.05) is 6.54 Å². The second-order valence-corrected chi connectivity index (χ2v) is 5.68. The summed E-state index contributed by atoms with van der Waals surface area (Å²) in [6.45, 7) is 1.71. The Kier molecular flexibility index (Phi) is 3.16. The Morgan fingerprint density at radius 1 is 1.50 bits per heavy atom. The zero-order valence-corrected chi connectivity index (χ0v) is 9.06. The fourth-order valence-corrected chi connectivity index (χ4v) is 2.09. The van der Waals surface area contributed by atoms with E-state index in [9.17, 15) is 13.2 Å². The first-order valence-electron chi connectivity index (χ1n) is 4.71. The lowest BCUT2D eigenvalue weighted by molar-refractivity contribution is -0.133. The summed E-state index contributed by atoms with van der Waals surface area (Å²) in [6, 6.07) is 0. The van der Waals surface area contributed by atoms with Crippen LogP contribution in [0.4, 0.5) is 0 Å². The summed E-state index contributed by atoms with van der Waals surface area (Å²) in [5.74, 6) is -0.521. The van der Waals surface area contributed by atoms with E-state index in [0.29, 0.717) is 12.8 Å². The van der Waals surface area contributed by atoms with Crippen molar-refractivity contribution in [1.29, 1.82) is 0 Å². The van der Waals surface area contributed by atoms with Crippen LogP contribution in [0.1, 0.15) is 26.2 Å². The van der Waals surface area contributed by atoms with E-state index in [0.717, 1.165) is 6.42 Å². The molecule has 0 heterocycles. The monoisotopic (exact) mass is 220 g/mol. The quantitative estimate of drug-likeness (QED) is 0.673. The lowest BCUT2D eigenvalue weighted by Gasteiger charge is -2.38. The number of hydrogen-bond donors (Lipinski definition) is 2. The first kappa shape index (κ1) is 11.5. The molecule has 0 bridgehead atoms. The predicted octanol–water partition coefficient (Wildman–Crippen LogP) is -0.419. The van der Waals surface area contributed by atoms with Crippen molar-refractivity contribution < 1.29 is 13.2 Å². The van der Waals surface area contributed by atoms with Gasteiger partial charge in [-0.1, -0.05) is 6.42 Å². The fourth-order valence-electron chi connectivity index (χ4n) is 1.45. The largest absolute Gasteiger partial charge is 0.329 e. The molecule has 1 aliphatic carbocycles. The van der Waals surface area contributed by atoms with Gasteiger partial charge in [-0.25, -0.2) is 8.42 Å². The molecule has 5 nitrogen and oxygen atoms in total. The highest BCUT2D eigenvalue weighted by molar-refractivity contribution is 7.90. The lowest BCUT2D eigenvalue weighted by atomic mass is 9.68. The molecular formula is C8H16N2O3S. The van der Waals surface area contributed by atoms with Crippen LogP contribution in [-0.4, -0.2) is 26.6 Å². The minimum Gasteiger partial charge on any atom is -0.329 e. The van der Waals surface area contributed by atoms with Gasteiger partial charge in [0.25, 0.3) is 0 Å². The van der Waals surface area contributed by atoms with Gasteiger partial charge in [0.05, 0.1) is 11.2 Å². The van der Waals surface area contributed by atoms with E-state index in [-0.39, 0.29) is 12.3 Å². The molecule has 14 heavy (non-hydrogen) atoms. The molecule has 0 atom stereocenters. The van der Waals surface area contributed by atoms with E-state index in [1.807, 2.05) is 0 Å². The molecule has 1 saturated carbocycles.